The fraction of sp³-hybridized carbons (Fsp3) is 0.455. The fourth-order valence-corrected chi connectivity index (χ4v) is 1.97. The van der Waals surface area contributed by atoms with Crippen LogP contribution in [-0.2, 0) is 4.74 Å². The summed E-state index contributed by atoms with van der Waals surface area (Å²) in [5.74, 6) is 1.52. The normalized spacial score (nSPS) is 23.4. The van der Waals surface area contributed by atoms with Crippen molar-refractivity contribution in [2.45, 2.75) is 12.0 Å². The van der Waals surface area contributed by atoms with Crippen LogP contribution in [0.4, 0.5) is 0 Å². The largest absolute Gasteiger partial charge is 0.379 e. The van der Waals surface area contributed by atoms with Crippen LogP contribution in [0, 0.1) is 0 Å². The molecule has 2 unspecified atom stereocenters. The highest BCUT2D eigenvalue weighted by Crippen LogP contribution is 2.25. The standard InChI is InChI=1S/C11H13N5O2/c1-12-8-6-17-5-7(8)11-15-10(16-18-11)9-13-3-2-4-14-9/h2-4,7-8,12H,5-6H2,1H3. The second-order valence-corrected chi connectivity index (χ2v) is 4.07. The molecule has 1 aliphatic rings. The minimum atomic E-state index is 0.0833. The molecule has 0 bridgehead atoms. The Labute approximate surface area is 104 Å². The third-order valence-corrected chi connectivity index (χ3v) is 2.98. The summed E-state index contributed by atoms with van der Waals surface area (Å²) < 4.78 is 10.7. The van der Waals surface area contributed by atoms with Gasteiger partial charge in [-0.2, -0.15) is 4.98 Å². The molecule has 0 amide bonds. The summed E-state index contributed by atoms with van der Waals surface area (Å²) in [5.41, 5.74) is 0. The molecular weight excluding hydrogens is 234 g/mol. The van der Waals surface area contributed by atoms with E-state index in [1.807, 2.05) is 7.05 Å². The Balaban J connectivity index is 1.86. The van der Waals surface area contributed by atoms with Crippen molar-refractivity contribution in [1.82, 2.24) is 25.4 Å². The van der Waals surface area contributed by atoms with Gasteiger partial charge in [-0.3, -0.25) is 0 Å². The summed E-state index contributed by atoms with van der Waals surface area (Å²) in [7, 11) is 1.89. The third kappa shape index (κ3) is 1.98. The van der Waals surface area contributed by atoms with Gasteiger partial charge in [-0.05, 0) is 13.1 Å². The van der Waals surface area contributed by atoms with Gasteiger partial charge in [0.1, 0.15) is 0 Å². The first-order chi connectivity index (χ1) is 8.88. The average molecular weight is 247 g/mol. The van der Waals surface area contributed by atoms with Crippen LogP contribution < -0.4 is 5.32 Å². The Bertz CT molecular complexity index is 515. The van der Waals surface area contributed by atoms with Crippen molar-refractivity contribution in [2.75, 3.05) is 20.3 Å². The first kappa shape index (κ1) is 11.2. The molecule has 1 saturated heterocycles. The number of rotatable bonds is 3. The predicted octanol–water partition coefficient (Wildman–Crippen LogP) is 0.228. The van der Waals surface area contributed by atoms with E-state index in [4.69, 9.17) is 9.26 Å². The number of aromatic nitrogens is 4. The zero-order valence-electron chi connectivity index (χ0n) is 9.91. The van der Waals surface area contributed by atoms with Crippen molar-refractivity contribution in [1.29, 1.82) is 0 Å². The lowest BCUT2D eigenvalue weighted by Crippen LogP contribution is -2.31. The lowest BCUT2D eigenvalue weighted by atomic mass is 10.0. The first-order valence-corrected chi connectivity index (χ1v) is 5.74. The van der Waals surface area contributed by atoms with Crippen molar-refractivity contribution in [3.05, 3.63) is 24.4 Å². The molecular formula is C11H13N5O2. The molecule has 3 heterocycles. The van der Waals surface area contributed by atoms with E-state index in [9.17, 15) is 0 Å². The van der Waals surface area contributed by atoms with Gasteiger partial charge >= 0.3 is 0 Å². The Hall–Kier alpha value is -1.86. The van der Waals surface area contributed by atoms with E-state index in [0.29, 0.717) is 30.8 Å². The third-order valence-electron chi connectivity index (χ3n) is 2.98. The zero-order chi connectivity index (χ0) is 12.4. The van der Waals surface area contributed by atoms with E-state index in [1.54, 1.807) is 18.5 Å². The molecule has 0 aliphatic carbocycles. The van der Waals surface area contributed by atoms with Crippen LogP contribution in [0.25, 0.3) is 11.6 Å². The Kier molecular flexibility index (Phi) is 2.99. The second-order valence-electron chi connectivity index (χ2n) is 4.07. The number of likely N-dealkylation sites (N-methyl/N-ethyl adjacent to an activating group) is 1. The first-order valence-electron chi connectivity index (χ1n) is 5.74. The summed E-state index contributed by atoms with van der Waals surface area (Å²) in [6.45, 7) is 1.24. The van der Waals surface area contributed by atoms with Gasteiger partial charge in [0, 0.05) is 18.4 Å². The molecule has 0 aromatic carbocycles. The molecule has 1 fully saturated rings. The van der Waals surface area contributed by atoms with Gasteiger partial charge in [-0.15, -0.1) is 0 Å². The second kappa shape index (κ2) is 4.79. The SMILES string of the molecule is CNC1COCC1c1nc(-c2ncccn2)no1. The van der Waals surface area contributed by atoms with E-state index < -0.39 is 0 Å². The van der Waals surface area contributed by atoms with Crippen molar-refractivity contribution in [2.24, 2.45) is 0 Å². The lowest BCUT2D eigenvalue weighted by Gasteiger charge is -2.11. The maximum atomic E-state index is 5.41. The predicted molar refractivity (Wildman–Crippen MR) is 61.7 cm³/mol. The molecule has 0 spiro atoms. The van der Waals surface area contributed by atoms with Crippen LogP contribution in [0.5, 0.6) is 0 Å². The van der Waals surface area contributed by atoms with Gasteiger partial charge in [-0.25, -0.2) is 9.97 Å². The Morgan fingerprint density at radius 3 is 2.83 bits per heavy atom. The van der Waals surface area contributed by atoms with Crippen molar-refractivity contribution in [3.63, 3.8) is 0 Å². The topological polar surface area (TPSA) is 86.0 Å². The van der Waals surface area contributed by atoms with Crippen molar-refractivity contribution >= 4 is 0 Å². The monoisotopic (exact) mass is 247 g/mol. The number of nitrogens with one attached hydrogen (secondary N) is 1. The van der Waals surface area contributed by atoms with Crippen molar-refractivity contribution in [3.8, 4) is 11.6 Å². The molecule has 0 saturated carbocycles. The summed E-state index contributed by atoms with van der Waals surface area (Å²) >= 11 is 0. The van der Waals surface area contributed by atoms with Gasteiger partial charge < -0.3 is 14.6 Å². The van der Waals surface area contributed by atoms with Gasteiger partial charge in [0.05, 0.1) is 19.1 Å². The molecule has 18 heavy (non-hydrogen) atoms. The minimum Gasteiger partial charge on any atom is -0.379 e. The van der Waals surface area contributed by atoms with Gasteiger partial charge in [-0.1, -0.05) is 5.16 Å². The van der Waals surface area contributed by atoms with E-state index in [0.717, 1.165) is 0 Å². The Morgan fingerprint density at radius 2 is 2.06 bits per heavy atom. The average Bonchev–Trinajstić information content (AvgIpc) is 3.08. The molecule has 0 radical (unpaired) electrons. The summed E-state index contributed by atoms with van der Waals surface area (Å²) in [6.07, 6.45) is 3.29. The van der Waals surface area contributed by atoms with E-state index >= 15 is 0 Å². The fourth-order valence-electron chi connectivity index (χ4n) is 1.97. The number of nitrogens with zero attached hydrogens (tertiary/aromatic N) is 4. The maximum absolute atomic E-state index is 5.41. The molecule has 2 atom stereocenters. The van der Waals surface area contributed by atoms with E-state index in [-0.39, 0.29) is 12.0 Å². The van der Waals surface area contributed by atoms with Gasteiger partial charge in [0.25, 0.3) is 0 Å². The molecule has 7 heteroatoms. The Morgan fingerprint density at radius 1 is 1.22 bits per heavy atom. The summed E-state index contributed by atoms with van der Waals surface area (Å²) in [6, 6.07) is 1.95. The molecule has 2 aromatic heterocycles. The summed E-state index contributed by atoms with van der Waals surface area (Å²) in [4.78, 5) is 12.5. The van der Waals surface area contributed by atoms with Crippen LogP contribution in [-0.4, -0.2) is 46.4 Å². The van der Waals surface area contributed by atoms with E-state index in [1.165, 1.54) is 0 Å². The highest BCUT2D eigenvalue weighted by molar-refractivity contribution is 5.40. The molecule has 2 aromatic rings. The molecule has 1 N–H and O–H groups in total. The highest BCUT2D eigenvalue weighted by atomic mass is 16.5. The summed E-state index contributed by atoms with van der Waals surface area (Å²) in [5, 5.41) is 7.08. The van der Waals surface area contributed by atoms with Crippen molar-refractivity contribution < 1.29 is 9.26 Å². The van der Waals surface area contributed by atoms with Crippen LogP contribution >= 0.6 is 0 Å². The number of ether oxygens (including phenoxy) is 1. The zero-order valence-corrected chi connectivity index (χ0v) is 9.91. The molecule has 1 aliphatic heterocycles. The molecule has 94 valence electrons. The minimum absolute atomic E-state index is 0.0833. The van der Waals surface area contributed by atoms with Crippen LogP contribution in [0.3, 0.4) is 0 Å². The van der Waals surface area contributed by atoms with E-state index in [2.05, 4.69) is 25.4 Å². The van der Waals surface area contributed by atoms with Gasteiger partial charge in [0.15, 0.2) is 0 Å². The molecule has 7 nitrogen and oxygen atoms in total. The van der Waals surface area contributed by atoms with Crippen LogP contribution in [0.2, 0.25) is 0 Å². The molecule has 3 rings (SSSR count). The van der Waals surface area contributed by atoms with Gasteiger partial charge in [0.2, 0.25) is 17.5 Å². The quantitative estimate of drug-likeness (QED) is 0.830. The van der Waals surface area contributed by atoms with Crippen LogP contribution in [0.15, 0.2) is 23.0 Å². The lowest BCUT2D eigenvalue weighted by molar-refractivity contribution is 0.185. The highest BCUT2D eigenvalue weighted by Gasteiger charge is 2.33. The van der Waals surface area contributed by atoms with Crippen LogP contribution in [0.1, 0.15) is 11.8 Å². The smallest absolute Gasteiger partial charge is 0.240 e. The number of hydrogen-bond acceptors (Lipinski definition) is 7. The number of hydrogen-bond donors (Lipinski definition) is 1. The maximum Gasteiger partial charge on any atom is 0.240 e.